The summed E-state index contributed by atoms with van der Waals surface area (Å²) in [5.41, 5.74) is 1.44. The van der Waals surface area contributed by atoms with Crippen molar-refractivity contribution in [3.05, 3.63) is 69.8 Å². The fourth-order valence-corrected chi connectivity index (χ4v) is 2.90. The third kappa shape index (κ3) is 3.48. The van der Waals surface area contributed by atoms with Crippen LogP contribution in [0.3, 0.4) is 0 Å². The number of sulfonamides is 1. The van der Waals surface area contributed by atoms with Crippen molar-refractivity contribution in [3.8, 4) is 0 Å². The van der Waals surface area contributed by atoms with Gasteiger partial charge in [-0.15, -0.1) is 4.41 Å². The molecule has 0 aromatic heterocycles. The van der Waals surface area contributed by atoms with Gasteiger partial charge >= 0.3 is 0 Å². The molecule has 0 radical (unpaired) electrons. The van der Waals surface area contributed by atoms with E-state index in [2.05, 4.69) is 0 Å². The summed E-state index contributed by atoms with van der Waals surface area (Å²) in [5, 5.41) is 10.6. The van der Waals surface area contributed by atoms with Gasteiger partial charge in [0.2, 0.25) is 0 Å². The van der Waals surface area contributed by atoms with Crippen LogP contribution in [0.5, 0.6) is 0 Å². The van der Waals surface area contributed by atoms with Crippen LogP contribution >= 0.6 is 0 Å². The van der Waals surface area contributed by atoms with E-state index in [1.807, 2.05) is 6.92 Å². The topological polar surface area (TPSA) is 107 Å². The van der Waals surface area contributed by atoms with E-state index < -0.39 is 14.9 Å². The molecule has 0 saturated heterocycles. The lowest BCUT2D eigenvalue weighted by molar-refractivity contribution is -0.384. The first kappa shape index (κ1) is 16.1. The van der Waals surface area contributed by atoms with Crippen molar-refractivity contribution >= 4 is 15.7 Å². The van der Waals surface area contributed by atoms with Gasteiger partial charge in [-0.05, 0) is 24.6 Å². The van der Waals surface area contributed by atoms with Gasteiger partial charge in [-0.1, -0.05) is 29.8 Å². The summed E-state index contributed by atoms with van der Waals surface area (Å²) in [4.78, 5) is 10.2. The highest BCUT2D eigenvalue weighted by Crippen LogP contribution is 2.17. The molecule has 2 aromatic carbocycles. The zero-order valence-electron chi connectivity index (χ0n) is 11.8. The van der Waals surface area contributed by atoms with E-state index >= 15 is 0 Å². The minimum Gasteiger partial charge on any atom is -0.258 e. The second kappa shape index (κ2) is 6.22. The third-order valence-corrected chi connectivity index (χ3v) is 4.73. The molecule has 0 bridgehead atoms. The van der Waals surface area contributed by atoms with Crippen LogP contribution in [0.15, 0.2) is 53.4 Å². The number of nitrogens with zero attached hydrogens (tertiary/aromatic N) is 2. The summed E-state index contributed by atoms with van der Waals surface area (Å²) < 4.78 is 25.4. The Morgan fingerprint density at radius 2 is 1.64 bits per heavy atom. The van der Waals surface area contributed by atoms with E-state index in [0.717, 1.165) is 9.98 Å². The number of benzene rings is 2. The van der Waals surface area contributed by atoms with Crippen LogP contribution in [0, 0.1) is 17.0 Å². The molecule has 22 heavy (non-hydrogen) atoms. The molecule has 0 saturated carbocycles. The zero-order valence-corrected chi connectivity index (χ0v) is 12.7. The molecule has 0 aliphatic heterocycles. The van der Waals surface area contributed by atoms with Crippen molar-refractivity contribution in [1.29, 1.82) is 0 Å². The van der Waals surface area contributed by atoms with Crippen molar-refractivity contribution < 1.29 is 13.3 Å². The molecule has 0 spiro atoms. The van der Waals surface area contributed by atoms with Gasteiger partial charge in [0.1, 0.15) is 0 Å². The predicted molar refractivity (Wildman–Crippen MR) is 81.2 cm³/mol. The predicted octanol–water partition coefficient (Wildman–Crippen LogP) is 1.97. The van der Waals surface area contributed by atoms with Crippen molar-refractivity contribution in [1.82, 2.24) is 4.41 Å². The average molecular weight is 321 g/mol. The number of hydrogen-bond acceptors (Lipinski definition) is 5. The van der Waals surface area contributed by atoms with Crippen LogP contribution in [-0.4, -0.2) is 17.8 Å². The Balaban J connectivity index is 2.18. The number of nitrogens with two attached hydrogens (primary N) is 1. The van der Waals surface area contributed by atoms with Crippen LogP contribution in [0.25, 0.3) is 0 Å². The standard InChI is InChI=1S/C14H15N3O4S/c1-11-2-8-14(9-3-11)22(20,21)16(15)10-12-4-6-13(7-5-12)17(18)19/h2-9H,10,15H2,1H3. The first-order valence-electron chi connectivity index (χ1n) is 6.38. The lowest BCUT2D eigenvalue weighted by Gasteiger charge is -2.16. The number of aryl methyl sites for hydroxylation is 1. The molecule has 116 valence electrons. The van der Waals surface area contributed by atoms with Crippen molar-refractivity contribution in [2.24, 2.45) is 5.84 Å². The molecule has 0 amide bonds. The van der Waals surface area contributed by atoms with Gasteiger partial charge in [0.25, 0.3) is 15.7 Å². The van der Waals surface area contributed by atoms with Gasteiger partial charge in [0.15, 0.2) is 0 Å². The molecule has 0 unspecified atom stereocenters. The van der Waals surface area contributed by atoms with Crippen LogP contribution in [-0.2, 0) is 16.6 Å². The second-order valence-electron chi connectivity index (χ2n) is 4.79. The highest BCUT2D eigenvalue weighted by atomic mass is 32.2. The van der Waals surface area contributed by atoms with E-state index in [9.17, 15) is 18.5 Å². The summed E-state index contributed by atoms with van der Waals surface area (Å²) in [6, 6.07) is 11.9. The van der Waals surface area contributed by atoms with Crippen molar-refractivity contribution in [3.63, 3.8) is 0 Å². The summed E-state index contributed by atoms with van der Waals surface area (Å²) in [6.07, 6.45) is 0. The van der Waals surface area contributed by atoms with E-state index in [1.165, 1.54) is 36.4 Å². The Bertz CT molecular complexity index is 771. The molecule has 0 aliphatic rings. The van der Waals surface area contributed by atoms with E-state index in [0.29, 0.717) is 5.56 Å². The molecule has 0 atom stereocenters. The number of nitro groups is 1. The lowest BCUT2D eigenvalue weighted by Crippen LogP contribution is -2.36. The van der Waals surface area contributed by atoms with Gasteiger partial charge in [0.05, 0.1) is 16.4 Å². The van der Waals surface area contributed by atoms with Gasteiger partial charge in [0, 0.05) is 12.1 Å². The van der Waals surface area contributed by atoms with Crippen molar-refractivity contribution in [2.75, 3.05) is 0 Å². The Morgan fingerprint density at radius 3 is 2.14 bits per heavy atom. The largest absolute Gasteiger partial charge is 0.269 e. The number of nitro benzene ring substituents is 1. The Hall–Kier alpha value is -2.29. The maximum atomic E-state index is 12.3. The molecular formula is C14H15N3O4S. The first-order chi connectivity index (χ1) is 10.3. The van der Waals surface area contributed by atoms with E-state index in [4.69, 9.17) is 5.84 Å². The molecule has 7 nitrogen and oxygen atoms in total. The summed E-state index contributed by atoms with van der Waals surface area (Å²) in [7, 11) is -3.80. The molecule has 2 N–H and O–H groups in total. The quantitative estimate of drug-likeness (QED) is 0.515. The Kier molecular flexibility index (Phi) is 4.55. The Morgan fingerprint density at radius 1 is 1.09 bits per heavy atom. The fourth-order valence-electron chi connectivity index (χ4n) is 1.83. The van der Waals surface area contributed by atoms with Crippen molar-refractivity contribution in [2.45, 2.75) is 18.4 Å². The lowest BCUT2D eigenvalue weighted by atomic mass is 10.2. The molecule has 2 aromatic rings. The summed E-state index contributed by atoms with van der Waals surface area (Å²) >= 11 is 0. The van der Waals surface area contributed by atoms with Crippen LogP contribution in [0.1, 0.15) is 11.1 Å². The van der Waals surface area contributed by atoms with Gasteiger partial charge in [-0.3, -0.25) is 16.0 Å². The molecule has 0 heterocycles. The van der Waals surface area contributed by atoms with Crippen LogP contribution in [0.4, 0.5) is 5.69 Å². The number of rotatable bonds is 5. The molecule has 0 fully saturated rings. The maximum Gasteiger partial charge on any atom is 0.269 e. The summed E-state index contributed by atoms with van der Waals surface area (Å²) in [6.45, 7) is 1.78. The molecule has 8 heteroatoms. The Labute approximate surface area is 128 Å². The maximum absolute atomic E-state index is 12.3. The minimum absolute atomic E-state index is 0.0614. The van der Waals surface area contributed by atoms with E-state index in [1.54, 1.807) is 12.1 Å². The highest BCUT2D eigenvalue weighted by molar-refractivity contribution is 7.89. The SMILES string of the molecule is Cc1ccc(S(=O)(=O)N(N)Cc2ccc([N+](=O)[O-])cc2)cc1. The first-order valence-corrected chi connectivity index (χ1v) is 7.82. The van der Waals surface area contributed by atoms with Gasteiger partial charge in [-0.2, -0.15) is 0 Å². The van der Waals surface area contributed by atoms with Crippen LogP contribution < -0.4 is 5.84 Å². The number of hydrogen-bond donors (Lipinski definition) is 1. The second-order valence-corrected chi connectivity index (χ2v) is 6.68. The highest BCUT2D eigenvalue weighted by Gasteiger charge is 2.21. The third-order valence-electron chi connectivity index (χ3n) is 3.11. The molecule has 2 rings (SSSR count). The van der Waals surface area contributed by atoms with Gasteiger partial charge < -0.3 is 0 Å². The van der Waals surface area contributed by atoms with Gasteiger partial charge in [-0.25, -0.2) is 8.42 Å². The monoisotopic (exact) mass is 321 g/mol. The fraction of sp³-hybridized carbons (Fsp3) is 0.143. The molecule has 0 aliphatic carbocycles. The zero-order chi connectivity index (χ0) is 16.3. The smallest absolute Gasteiger partial charge is 0.258 e. The number of hydrazine groups is 1. The van der Waals surface area contributed by atoms with Crippen LogP contribution in [0.2, 0.25) is 0 Å². The average Bonchev–Trinajstić information content (AvgIpc) is 2.48. The molecular weight excluding hydrogens is 306 g/mol. The number of non-ortho nitro benzene ring substituents is 1. The van der Waals surface area contributed by atoms with E-state index in [-0.39, 0.29) is 17.1 Å². The minimum atomic E-state index is -3.80. The normalized spacial score (nSPS) is 11.6. The summed E-state index contributed by atoms with van der Waals surface area (Å²) in [5.74, 6) is 5.66.